The summed E-state index contributed by atoms with van der Waals surface area (Å²) < 4.78 is 4.87. The molecule has 3 nitrogen and oxygen atoms in total. The van der Waals surface area contributed by atoms with E-state index in [4.69, 9.17) is 16.3 Å². The van der Waals surface area contributed by atoms with Crippen molar-refractivity contribution in [1.29, 1.82) is 0 Å². The number of halogens is 1. The number of methoxy groups -OCH3 is 1. The van der Waals surface area contributed by atoms with E-state index in [0.29, 0.717) is 12.0 Å². The molecule has 0 saturated carbocycles. The number of carbonyl (C=O) groups excluding carboxylic acids is 1. The summed E-state index contributed by atoms with van der Waals surface area (Å²) in [5, 5.41) is 9.60. The molecule has 0 aliphatic carbocycles. The Morgan fingerprint density at radius 1 is 1.57 bits per heavy atom. The highest BCUT2D eigenvalue weighted by Crippen LogP contribution is 2.32. The van der Waals surface area contributed by atoms with E-state index in [2.05, 4.69) is 0 Å². The number of phenols is 1. The second kappa shape index (κ2) is 4.33. The van der Waals surface area contributed by atoms with Gasteiger partial charge >= 0.3 is 0 Å². The third-order valence-corrected chi connectivity index (χ3v) is 2.20. The van der Waals surface area contributed by atoms with Gasteiger partial charge in [-0.3, -0.25) is 4.79 Å². The molecule has 0 spiro atoms. The van der Waals surface area contributed by atoms with Gasteiger partial charge in [-0.2, -0.15) is 0 Å². The largest absolute Gasteiger partial charge is 0.504 e. The fourth-order valence-electron chi connectivity index (χ4n) is 1.11. The summed E-state index contributed by atoms with van der Waals surface area (Å²) in [6.45, 7) is 1.75. The Morgan fingerprint density at radius 2 is 2.21 bits per heavy atom. The van der Waals surface area contributed by atoms with Crippen LogP contribution in [0.25, 0.3) is 0 Å². The van der Waals surface area contributed by atoms with Crippen LogP contribution in [0, 0.1) is 0 Å². The molecule has 1 aromatic rings. The van der Waals surface area contributed by atoms with Gasteiger partial charge in [0, 0.05) is 18.1 Å². The van der Waals surface area contributed by atoms with Crippen molar-refractivity contribution < 1.29 is 14.6 Å². The summed E-state index contributed by atoms with van der Waals surface area (Å²) in [6.07, 6.45) is 0.369. The third kappa shape index (κ3) is 1.99. The van der Waals surface area contributed by atoms with E-state index in [0.717, 1.165) is 0 Å². The van der Waals surface area contributed by atoms with Crippen LogP contribution in [0.4, 0.5) is 0 Å². The number of phenolic OH excluding ortho intramolecular Hbond substituents is 1. The molecule has 14 heavy (non-hydrogen) atoms. The normalized spacial score (nSPS) is 9.93. The first kappa shape index (κ1) is 10.9. The summed E-state index contributed by atoms with van der Waals surface area (Å²) in [4.78, 5) is 11.4. The monoisotopic (exact) mass is 214 g/mol. The summed E-state index contributed by atoms with van der Waals surface area (Å²) in [7, 11) is 1.42. The van der Waals surface area contributed by atoms with Crippen molar-refractivity contribution in [3.63, 3.8) is 0 Å². The zero-order valence-electron chi connectivity index (χ0n) is 8.00. The molecule has 76 valence electrons. The topological polar surface area (TPSA) is 46.5 Å². The van der Waals surface area contributed by atoms with Crippen LogP contribution in [0.15, 0.2) is 12.1 Å². The van der Waals surface area contributed by atoms with Gasteiger partial charge in [0.15, 0.2) is 17.3 Å². The van der Waals surface area contributed by atoms with Crippen LogP contribution in [0.3, 0.4) is 0 Å². The number of aromatic hydroxyl groups is 1. The first-order valence-electron chi connectivity index (χ1n) is 4.19. The van der Waals surface area contributed by atoms with Gasteiger partial charge < -0.3 is 9.84 Å². The first-order valence-corrected chi connectivity index (χ1v) is 4.57. The second-order valence-electron chi connectivity index (χ2n) is 2.78. The smallest absolute Gasteiger partial charge is 0.164 e. The molecule has 0 heterocycles. The van der Waals surface area contributed by atoms with Crippen LogP contribution in [-0.2, 0) is 0 Å². The Morgan fingerprint density at radius 3 is 2.71 bits per heavy atom. The lowest BCUT2D eigenvalue weighted by Gasteiger charge is -2.07. The molecule has 0 atom stereocenters. The van der Waals surface area contributed by atoms with E-state index < -0.39 is 0 Å². The maximum Gasteiger partial charge on any atom is 0.164 e. The van der Waals surface area contributed by atoms with Gasteiger partial charge in [-0.1, -0.05) is 18.5 Å². The number of Topliss-reactive ketones (excluding diaryl/α,β-unsaturated/α-hetero) is 1. The molecule has 1 aromatic carbocycles. The van der Waals surface area contributed by atoms with E-state index in [1.54, 1.807) is 6.92 Å². The molecule has 0 radical (unpaired) electrons. The molecule has 0 bridgehead atoms. The highest BCUT2D eigenvalue weighted by molar-refractivity contribution is 6.34. The number of hydrogen-bond acceptors (Lipinski definition) is 3. The standard InChI is InChI=1S/C10H11ClO3/c1-3-8(12)6-4-10(14-2)9(13)5-7(6)11/h4-5,13H,3H2,1-2H3. The number of rotatable bonds is 3. The Balaban J connectivity index is 3.24. The molecule has 0 saturated heterocycles. The summed E-state index contributed by atoms with van der Waals surface area (Å²) in [6, 6.07) is 2.76. The fraction of sp³-hybridized carbons (Fsp3) is 0.300. The van der Waals surface area contributed by atoms with Crippen molar-refractivity contribution in [1.82, 2.24) is 0 Å². The maximum atomic E-state index is 11.4. The summed E-state index contributed by atoms with van der Waals surface area (Å²) >= 11 is 5.80. The van der Waals surface area contributed by atoms with Crippen molar-refractivity contribution in [2.45, 2.75) is 13.3 Å². The summed E-state index contributed by atoms with van der Waals surface area (Å²) in [5.74, 6) is 0.115. The minimum absolute atomic E-state index is 0.0647. The third-order valence-electron chi connectivity index (χ3n) is 1.89. The Hall–Kier alpha value is -1.22. The highest BCUT2D eigenvalue weighted by Gasteiger charge is 2.13. The van der Waals surface area contributed by atoms with Crippen molar-refractivity contribution in [2.24, 2.45) is 0 Å². The Bertz CT molecular complexity index is 361. The van der Waals surface area contributed by atoms with Gasteiger partial charge in [0.25, 0.3) is 0 Å². The summed E-state index contributed by atoms with van der Waals surface area (Å²) in [5.41, 5.74) is 0.379. The number of ether oxygens (including phenoxy) is 1. The lowest BCUT2D eigenvalue weighted by Crippen LogP contribution is -1.98. The minimum Gasteiger partial charge on any atom is -0.504 e. The van der Waals surface area contributed by atoms with Gasteiger partial charge in [-0.05, 0) is 6.07 Å². The van der Waals surface area contributed by atoms with Gasteiger partial charge in [-0.25, -0.2) is 0 Å². The molecular weight excluding hydrogens is 204 g/mol. The van der Waals surface area contributed by atoms with E-state index >= 15 is 0 Å². The van der Waals surface area contributed by atoms with Crippen molar-refractivity contribution in [3.8, 4) is 11.5 Å². The molecule has 4 heteroatoms. The van der Waals surface area contributed by atoms with Crippen LogP contribution in [0.5, 0.6) is 11.5 Å². The molecular formula is C10H11ClO3. The quantitative estimate of drug-likeness (QED) is 0.787. The zero-order valence-corrected chi connectivity index (χ0v) is 8.76. The average Bonchev–Trinajstić information content (AvgIpc) is 2.17. The zero-order chi connectivity index (χ0) is 10.7. The lowest BCUT2D eigenvalue weighted by atomic mass is 10.1. The van der Waals surface area contributed by atoms with Crippen LogP contribution in [0.2, 0.25) is 5.02 Å². The number of hydrogen-bond donors (Lipinski definition) is 1. The molecule has 0 aliphatic heterocycles. The number of benzene rings is 1. The van der Waals surface area contributed by atoms with Crippen molar-refractivity contribution in [3.05, 3.63) is 22.7 Å². The van der Waals surface area contributed by atoms with Crippen molar-refractivity contribution in [2.75, 3.05) is 7.11 Å². The number of ketones is 1. The Labute approximate surface area is 87.3 Å². The van der Waals surface area contributed by atoms with Gasteiger partial charge in [0.2, 0.25) is 0 Å². The average molecular weight is 215 g/mol. The minimum atomic E-state index is -0.0756. The van der Waals surface area contributed by atoms with Crippen LogP contribution >= 0.6 is 11.6 Å². The fourth-order valence-corrected chi connectivity index (χ4v) is 1.37. The predicted molar refractivity (Wildman–Crippen MR) is 54.3 cm³/mol. The lowest BCUT2D eigenvalue weighted by molar-refractivity contribution is 0.0988. The molecule has 0 aromatic heterocycles. The second-order valence-corrected chi connectivity index (χ2v) is 3.19. The van der Waals surface area contributed by atoms with E-state index in [-0.39, 0.29) is 22.3 Å². The van der Waals surface area contributed by atoms with Crippen LogP contribution < -0.4 is 4.74 Å². The molecule has 0 aliphatic rings. The predicted octanol–water partition coefficient (Wildman–Crippen LogP) is 2.65. The molecule has 0 unspecified atom stereocenters. The van der Waals surface area contributed by atoms with E-state index in [1.165, 1.54) is 19.2 Å². The Kier molecular flexibility index (Phi) is 3.36. The first-order chi connectivity index (χ1) is 6.60. The van der Waals surface area contributed by atoms with E-state index in [9.17, 15) is 9.90 Å². The van der Waals surface area contributed by atoms with Crippen LogP contribution in [-0.4, -0.2) is 18.0 Å². The highest BCUT2D eigenvalue weighted by atomic mass is 35.5. The molecule has 1 rings (SSSR count). The van der Waals surface area contributed by atoms with Crippen LogP contribution in [0.1, 0.15) is 23.7 Å². The number of carbonyl (C=O) groups is 1. The molecule has 1 N–H and O–H groups in total. The van der Waals surface area contributed by atoms with Gasteiger partial charge in [0.1, 0.15) is 0 Å². The molecule has 0 fully saturated rings. The van der Waals surface area contributed by atoms with Crippen molar-refractivity contribution >= 4 is 17.4 Å². The van der Waals surface area contributed by atoms with Gasteiger partial charge in [-0.15, -0.1) is 0 Å². The molecule has 0 amide bonds. The SMILES string of the molecule is CCC(=O)c1cc(OC)c(O)cc1Cl. The van der Waals surface area contributed by atoms with Gasteiger partial charge in [0.05, 0.1) is 12.1 Å². The maximum absolute atomic E-state index is 11.4. The van der Waals surface area contributed by atoms with E-state index in [1.807, 2.05) is 0 Å².